The maximum absolute atomic E-state index is 11.8. The Balaban J connectivity index is 0.000000271. The zero-order valence-electron chi connectivity index (χ0n) is 17.0. The van der Waals surface area contributed by atoms with Gasteiger partial charge in [-0.25, -0.2) is 0 Å². The third-order valence-electron chi connectivity index (χ3n) is 5.62. The van der Waals surface area contributed by atoms with Gasteiger partial charge < -0.3 is 9.47 Å². The fraction of sp³-hybridized carbons (Fsp3) is 0.810. The molecule has 0 N–H and O–H groups in total. The van der Waals surface area contributed by atoms with Crippen molar-refractivity contribution >= 4 is 23.5 Å². The fourth-order valence-corrected chi connectivity index (χ4v) is 3.70. The number of rotatable bonds is 2. The van der Waals surface area contributed by atoms with Crippen molar-refractivity contribution in [1.29, 1.82) is 0 Å². The van der Waals surface area contributed by atoms with Gasteiger partial charge in [0.15, 0.2) is 0 Å². The first kappa shape index (κ1) is 23.3. The highest BCUT2D eigenvalue weighted by molar-refractivity contribution is 6.03. The van der Waals surface area contributed by atoms with E-state index >= 15 is 0 Å². The van der Waals surface area contributed by atoms with Crippen LogP contribution in [0.15, 0.2) is 0 Å². The average Bonchev–Trinajstić information content (AvgIpc) is 2.65. The predicted molar refractivity (Wildman–Crippen MR) is 101 cm³/mol. The Morgan fingerprint density at radius 2 is 1.44 bits per heavy atom. The van der Waals surface area contributed by atoms with Crippen molar-refractivity contribution in [2.24, 2.45) is 11.3 Å². The van der Waals surface area contributed by atoms with Gasteiger partial charge >= 0.3 is 11.9 Å². The minimum Gasteiger partial charge on any atom is -0.468 e. The SMILES string of the molecule is COC(=O)C1(C)CCCCCCC1=O.COC(=O)C1CCCCCCC1=O. The molecule has 0 aromatic carbocycles. The van der Waals surface area contributed by atoms with Crippen molar-refractivity contribution in [1.82, 2.24) is 0 Å². The molecule has 6 heteroatoms. The number of Topliss-reactive ketones (excluding diaryl/α,β-unsaturated/α-hetero) is 2. The number of ether oxygens (including phenoxy) is 2. The first-order chi connectivity index (χ1) is 12.9. The van der Waals surface area contributed by atoms with E-state index in [1.807, 2.05) is 0 Å². The molecule has 2 aliphatic carbocycles. The molecule has 2 fully saturated rings. The molecule has 0 aromatic heterocycles. The van der Waals surface area contributed by atoms with E-state index in [1.54, 1.807) is 6.92 Å². The van der Waals surface area contributed by atoms with Crippen LogP contribution in [0.5, 0.6) is 0 Å². The quantitative estimate of drug-likeness (QED) is 0.533. The lowest BCUT2D eigenvalue weighted by molar-refractivity contribution is -0.158. The van der Waals surface area contributed by atoms with Crippen LogP contribution in [-0.2, 0) is 28.7 Å². The zero-order valence-corrected chi connectivity index (χ0v) is 17.0. The summed E-state index contributed by atoms with van der Waals surface area (Å²) in [7, 11) is 2.69. The Hall–Kier alpha value is -1.72. The molecule has 6 nitrogen and oxygen atoms in total. The van der Waals surface area contributed by atoms with E-state index in [9.17, 15) is 19.2 Å². The molecule has 2 aliphatic rings. The van der Waals surface area contributed by atoms with Gasteiger partial charge in [0, 0.05) is 12.8 Å². The van der Waals surface area contributed by atoms with Crippen LogP contribution in [0.2, 0.25) is 0 Å². The summed E-state index contributed by atoms with van der Waals surface area (Å²) >= 11 is 0. The van der Waals surface area contributed by atoms with E-state index in [1.165, 1.54) is 14.2 Å². The summed E-state index contributed by atoms with van der Waals surface area (Å²) in [6.07, 6.45) is 10.6. The van der Waals surface area contributed by atoms with E-state index in [0.29, 0.717) is 25.7 Å². The number of ketones is 2. The second kappa shape index (κ2) is 11.9. The lowest BCUT2D eigenvalue weighted by Gasteiger charge is -2.26. The van der Waals surface area contributed by atoms with E-state index < -0.39 is 11.3 Å². The largest absolute Gasteiger partial charge is 0.468 e. The lowest BCUT2D eigenvalue weighted by Crippen LogP contribution is -2.38. The first-order valence-corrected chi connectivity index (χ1v) is 10.1. The van der Waals surface area contributed by atoms with Gasteiger partial charge in [-0.2, -0.15) is 0 Å². The van der Waals surface area contributed by atoms with Gasteiger partial charge in [-0.15, -0.1) is 0 Å². The molecule has 0 aromatic rings. The Kier molecular flexibility index (Phi) is 10.3. The predicted octanol–water partition coefficient (Wildman–Crippen LogP) is 3.79. The molecular formula is C21H34O6. The van der Waals surface area contributed by atoms with Crippen LogP contribution in [-0.4, -0.2) is 37.7 Å². The summed E-state index contributed by atoms with van der Waals surface area (Å²) in [6.45, 7) is 1.71. The molecule has 0 aliphatic heterocycles. The van der Waals surface area contributed by atoms with Crippen LogP contribution in [0.4, 0.5) is 0 Å². The van der Waals surface area contributed by atoms with E-state index in [4.69, 9.17) is 4.74 Å². The standard InChI is InChI=1S/C11H18O3.C10H16O3/c1-11(10(13)14-2)8-6-4-3-5-7-9(11)12;1-13-10(12)8-6-4-2-3-5-7-9(8)11/h3-8H2,1-2H3;8H,2-7H2,1H3. The average molecular weight is 382 g/mol. The van der Waals surface area contributed by atoms with Crippen molar-refractivity contribution in [2.45, 2.75) is 84.0 Å². The Bertz CT molecular complexity index is 527. The van der Waals surface area contributed by atoms with Crippen molar-refractivity contribution in [2.75, 3.05) is 14.2 Å². The van der Waals surface area contributed by atoms with Crippen LogP contribution in [0.1, 0.15) is 84.0 Å². The Morgan fingerprint density at radius 3 is 2.07 bits per heavy atom. The maximum Gasteiger partial charge on any atom is 0.319 e. The summed E-state index contributed by atoms with van der Waals surface area (Å²) < 4.78 is 9.30. The summed E-state index contributed by atoms with van der Waals surface area (Å²) in [6, 6.07) is 0. The minimum atomic E-state index is -0.880. The van der Waals surface area contributed by atoms with Gasteiger partial charge in [0.2, 0.25) is 0 Å². The Morgan fingerprint density at radius 1 is 0.852 bits per heavy atom. The number of hydrogen-bond acceptors (Lipinski definition) is 6. The normalized spacial score (nSPS) is 27.0. The second-order valence-electron chi connectivity index (χ2n) is 7.66. The highest BCUT2D eigenvalue weighted by Crippen LogP contribution is 2.32. The van der Waals surface area contributed by atoms with Gasteiger partial charge in [0.1, 0.15) is 22.9 Å². The monoisotopic (exact) mass is 382 g/mol. The topological polar surface area (TPSA) is 86.7 Å². The summed E-state index contributed by atoms with van der Waals surface area (Å²) in [5.41, 5.74) is -0.880. The molecule has 0 amide bonds. The van der Waals surface area contributed by atoms with E-state index in [-0.39, 0.29) is 23.5 Å². The zero-order chi connectivity index (χ0) is 20.3. The first-order valence-electron chi connectivity index (χ1n) is 10.1. The molecule has 154 valence electrons. The van der Waals surface area contributed by atoms with Gasteiger partial charge in [-0.3, -0.25) is 19.2 Å². The molecule has 27 heavy (non-hydrogen) atoms. The fourth-order valence-electron chi connectivity index (χ4n) is 3.70. The number of methoxy groups -OCH3 is 2. The van der Waals surface area contributed by atoms with Crippen molar-refractivity contribution in [3.63, 3.8) is 0 Å². The van der Waals surface area contributed by atoms with Crippen LogP contribution in [0.25, 0.3) is 0 Å². The maximum atomic E-state index is 11.8. The van der Waals surface area contributed by atoms with Crippen molar-refractivity contribution in [3.8, 4) is 0 Å². The lowest BCUT2D eigenvalue weighted by atomic mass is 9.77. The second-order valence-corrected chi connectivity index (χ2v) is 7.66. The van der Waals surface area contributed by atoms with E-state index in [2.05, 4.69) is 4.74 Å². The number of carbonyl (C=O) groups is 4. The molecule has 0 saturated heterocycles. The third-order valence-corrected chi connectivity index (χ3v) is 5.62. The molecule has 0 radical (unpaired) electrons. The molecule has 0 bridgehead atoms. The molecule has 2 rings (SSSR count). The molecule has 2 saturated carbocycles. The van der Waals surface area contributed by atoms with Gasteiger partial charge in [0.25, 0.3) is 0 Å². The molecular weight excluding hydrogens is 348 g/mol. The van der Waals surface area contributed by atoms with Crippen molar-refractivity contribution < 1.29 is 28.7 Å². The molecule has 0 heterocycles. The summed E-state index contributed by atoms with van der Waals surface area (Å²) in [5.74, 6) is -1.10. The minimum absolute atomic E-state index is 0.0454. The van der Waals surface area contributed by atoms with E-state index in [0.717, 1.165) is 51.4 Å². The van der Waals surface area contributed by atoms with Crippen LogP contribution in [0, 0.1) is 11.3 Å². The molecule has 2 unspecified atom stereocenters. The number of carbonyl (C=O) groups excluding carboxylic acids is 4. The van der Waals surface area contributed by atoms with Crippen LogP contribution in [0.3, 0.4) is 0 Å². The highest BCUT2D eigenvalue weighted by Gasteiger charge is 2.41. The molecule has 0 spiro atoms. The van der Waals surface area contributed by atoms with Gasteiger partial charge in [-0.05, 0) is 32.6 Å². The number of hydrogen-bond donors (Lipinski definition) is 0. The summed E-state index contributed by atoms with van der Waals surface area (Å²) in [5, 5.41) is 0. The van der Waals surface area contributed by atoms with Crippen molar-refractivity contribution in [3.05, 3.63) is 0 Å². The third kappa shape index (κ3) is 7.07. The van der Waals surface area contributed by atoms with Crippen LogP contribution >= 0.6 is 0 Å². The van der Waals surface area contributed by atoms with Crippen LogP contribution < -0.4 is 0 Å². The van der Waals surface area contributed by atoms with Gasteiger partial charge in [-0.1, -0.05) is 38.5 Å². The highest BCUT2D eigenvalue weighted by atomic mass is 16.5. The summed E-state index contributed by atoms with van der Waals surface area (Å²) in [4.78, 5) is 46.0. The smallest absolute Gasteiger partial charge is 0.319 e. The number of esters is 2. The Labute approximate surface area is 162 Å². The van der Waals surface area contributed by atoms with Gasteiger partial charge in [0.05, 0.1) is 14.2 Å². The molecule has 2 atom stereocenters.